The quantitative estimate of drug-likeness (QED) is 0.938. The highest BCUT2D eigenvalue weighted by Crippen LogP contribution is 2.28. The van der Waals surface area contributed by atoms with Crippen LogP contribution in [-0.2, 0) is 6.54 Å². The van der Waals surface area contributed by atoms with Crippen LogP contribution in [0.1, 0.15) is 34.4 Å². The second-order valence-corrected chi connectivity index (χ2v) is 6.85. The molecule has 2 aromatic rings. The molecule has 0 atom stereocenters. The standard InChI is InChI=1S/C16H19N3O2S/c1-11-5-8-19(9-6-11)10-13-18-14(15(22-13)16(20)21)12-4-2-3-7-17-12/h2-4,7,11H,5-6,8-10H2,1H3,(H,20,21). The van der Waals surface area contributed by atoms with E-state index in [2.05, 4.69) is 21.8 Å². The third-order valence-corrected chi connectivity index (χ3v) is 5.04. The number of carboxylic acid groups (broad SMARTS) is 1. The smallest absolute Gasteiger partial charge is 0.348 e. The number of nitrogens with zero attached hydrogens (tertiary/aromatic N) is 3. The number of carbonyl (C=O) groups is 1. The molecule has 0 unspecified atom stereocenters. The maximum atomic E-state index is 11.5. The van der Waals surface area contributed by atoms with Gasteiger partial charge in [-0.2, -0.15) is 0 Å². The van der Waals surface area contributed by atoms with Crippen LogP contribution in [0.25, 0.3) is 11.4 Å². The molecule has 22 heavy (non-hydrogen) atoms. The van der Waals surface area contributed by atoms with Gasteiger partial charge in [-0.05, 0) is 44.0 Å². The summed E-state index contributed by atoms with van der Waals surface area (Å²) in [6.07, 6.45) is 4.06. The average Bonchev–Trinajstić information content (AvgIpc) is 2.95. The van der Waals surface area contributed by atoms with Crippen molar-refractivity contribution in [1.29, 1.82) is 0 Å². The van der Waals surface area contributed by atoms with Crippen molar-refractivity contribution in [2.24, 2.45) is 5.92 Å². The van der Waals surface area contributed by atoms with Crippen molar-refractivity contribution >= 4 is 17.3 Å². The molecule has 3 rings (SSSR count). The first kappa shape index (κ1) is 15.1. The van der Waals surface area contributed by atoms with E-state index in [1.165, 1.54) is 24.2 Å². The van der Waals surface area contributed by atoms with E-state index in [0.717, 1.165) is 30.6 Å². The van der Waals surface area contributed by atoms with E-state index in [4.69, 9.17) is 0 Å². The topological polar surface area (TPSA) is 66.3 Å². The molecule has 0 amide bonds. The zero-order valence-corrected chi connectivity index (χ0v) is 13.3. The maximum Gasteiger partial charge on any atom is 0.348 e. The molecule has 0 saturated carbocycles. The Bertz CT molecular complexity index is 649. The summed E-state index contributed by atoms with van der Waals surface area (Å²) >= 11 is 1.26. The summed E-state index contributed by atoms with van der Waals surface area (Å²) in [4.78, 5) is 22.9. The van der Waals surface area contributed by atoms with E-state index in [9.17, 15) is 9.90 Å². The molecule has 0 aromatic carbocycles. The molecule has 0 bridgehead atoms. The van der Waals surface area contributed by atoms with Gasteiger partial charge in [0.25, 0.3) is 0 Å². The highest BCUT2D eigenvalue weighted by molar-refractivity contribution is 7.14. The Hall–Kier alpha value is -1.79. The fraction of sp³-hybridized carbons (Fsp3) is 0.438. The Labute approximate surface area is 133 Å². The molecule has 1 N–H and O–H groups in total. The van der Waals surface area contributed by atoms with Crippen LogP contribution >= 0.6 is 11.3 Å². The van der Waals surface area contributed by atoms with Gasteiger partial charge in [0.05, 0.1) is 12.2 Å². The SMILES string of the molecule is CC1CCN(Cc2nc(-c3ccccn3)c(C(=O)O)s2)CC1. The van der Waals surface area contributed by atoms with Crippen LogP contribution in [0.3, 0.4) is 0 Å². The number of rotatable bonds is 4. The van der Waals surface area contributed by atoms with Crippen molar-refractivity contribution in [3.05, 3.63) is 34.3 Å². The summed E-state index contributed by atoms with van der Waals surface area (Å²) in [5.41, 5.74) is 1.10. The van der Waals surface area contributed by atoms with Crippen LogP contribution in [0.5, 0.6) is 0 Å². The number of carboxylic acids is 1. The first-order valence-corrected chi connectivity index (χ1v) is 8.32. The zero-order chi connectivity index (χ0) is 15.5. The Morgan fingerprint density at radius 3 is 2.82 bits per heavy atom. The number of piperidine rings is 1. The highest BCUT2D eigenvalue weighted by atomic mass is 32.1. The van der Waals surface area contributed by atoms with Crippen molar-refractivity contribution in [2.45, 2.75) is 26.3 Å². The summed E-state index contributed by atoms with van der Waals surface area (Å²) in [6.45, 7) is 5.12. The Morgan fingerprint density at radius 1 is 1.41 bits per heavy atom. The fourth-order valence-corrected chi connectivity index (χ4v) is 3.62. The minimum Gasteiger partial charge on any atom is -0.477 e. The Kier molecular flexibility index (Phi) is 4.49. The fourth-order valence-electron chi connectivity index (χ4n) is 2.66. The molecule has 0 spiro atoms. The van der Waals surface area contributed by atoms with Crippen LogP contribution in [-0.4, -0.2) is 39.0 Å². The molecule has 5 nitrogen and oxygen atoms in total. The number of likely N-dealkylation sites (tertiary alicyclic amines) is 1. The number of aromatic nitrogens is 2. The number of thiazole rings is 1. The van der Waals surface area contributed by atoms with Gasteiger partial charge in [0.15, 0.2) is 0 Å². The molecule has 3 heterocycles. The van der Waals surface area contributed by atoms with Gasteiger partial charge in [-0.25, -0.2) is 9.78 Å². The third kappa shape index (κ3) is 3.34. The lowest BCUT2D eigenvalue weighted by molar-refractivity contribution is 0.0702. The van der Waals surface area contributed by atoms with Crippen molar-refractivity contribution in [3.8, 4) is 11.4 Å². The number of hydrogen-bond acceptors (Lipinski definition) is 5. The molecule has 2 aromatic heterocycles. The molecule has 6 heteroatoms. The minimum atomic E-state index is -0.934. The molecule has 0 radical (unpaired) electrons. The first-order chi connectivity index (χ1) is 10.6. The number of pyridine rings is 1. The molecular weight excluding hydrogens is 298 g/mol. The van der Waals surface area contributed by atoms with Gasteiger partial charge in [-0.15, -0.1) is 11.3 Å². The normalized spacial score (nSPS) is 16.8. The first-order valence-electron chi connectivity index (χ1n) is 7.50. The lowest BCUT2D eigenvalue weighted by Crippen LogP contribution is -2.32. The van der Waals surface area contributed by atoms with Crippen LogP contribution in [0, 0.1) is 5.92 Å². The van der Waals surface area contributed by atoms with E-state index >= 15 is 0 Å². The number of aromatic carboxylic acids is 1. The summed E-state index contributed by atoms with van der Waals surface area (Å²) in [5.74, 6) is -0.150. The van der Waals surface area contributed by atoms with Crippen LogP contribution in [0.4, 0.5) is 0 Å². The average molecular weight is 317 g/mol. The minimum absolute atomic E-state index is 0.277. The van der Waals surface area contributed by atoms with Gasteiger partial charge in [0, 0.05) is 6.20 Å². The molecule has 1 saturated heterocycles. The van der Waals surface area contributed by atoms with Crippen molar-refractivity contribution in [1.82, 2.24) is 14.9 Å². The van der Waals surface area contributed by atoms with Gasteiger partial charge in [-0.3, -0.25) is 9.88 Å². The van der Waals surface area contributed by atoms with Crippen molar-refractivity contribution in [3.63, 3.8) is 0 Å². The summed E-state index contributed by atoms with van der Waals surface area (Å²) < 4.78 is 0. The summed E-state index contributed by atoms with van der Waals surface area (Å²) in [6, 6.07) is 5.46. The van der Waals surface area contributed by atoms with Crippen molar-refractivity contribution < 1.29 is 9.90 Å². The lowest BCUT2D eigenvalue weighted by Gasteiger charge is -2.29. The molecule has 116 valence electrons. The van der Waals surface area contributed by atoms with E-state index in [0.29, 0.717) is 11.4 Å². The van der Waals surface area contributed by atoms with Crippen LogP contribution < -0.4 is 0 Å². The van der Waals surface area contributed by atoms with Gasteiger partial charge in [0.1, 0.15) is 15.6 Å². The van der Waals surface area contributed by atoms with Gasteiger partial charge >= 0.3 is 5.97 Å². The monoisotopic (exact) mass is 317 g/mol. The molecule has 0 aliphatic carbocycles. The largest absolute Gasteiger partial charge is 0.477 e. The zero-order valence-electron chi connectivity index (χ0n) is 12.5. The lowest BCUT2D eigenvalue weighted by atomic mass is 9.99. The van der Waals surface area contributed by atoms with Gasteiger partial charge in [0.2, 0.25) is 0 Å². The number of hydrogen-bond donors (Lipinski definition) is 1. The molecule has 1 fully saturated rings. The van der Waals surface area contributed by atoms with Crippen molar-refractivity contribution in [2.75, 3.05) is 13.1 Å². The van der Waals surface area contributed by atoms with Crippen LogP contribution in [0.2, 0.25) is 0 Å². The Balaban J connectivity index is 1.83. The van der Waals surface area contributed by atoms with E-state index < -0.39 is 5.97 Å². The van der Waals surface area contributed by atoms with E-state index in [1.54, 1.807) is 12.3 Å². The van der Waals surface area contributed by atoms with E-state index in [-0.39, 0.29) is 4.88 Å². The predicted octanol–water partition coefficient (Wildman–Crippen LogP) is 3.14. The van der Waals surface area contributed by atoms with Gasteiger partial charge < -0.3 is 5.11 Å². The molecular formula is C16H19N3O2S. The predicted molar refractivity (Wildman–Crippen MR) is 86.0 cm³/mol. The van der Waals surface area contributed by atoms with E-state index in [1.807, 2.05) is 12.1 Å². The molecule has 1 aliphatic rings. The Morgan fingerprint density at radius 2 is 2.18 bits per heavy atom. The molecule has 1 aliphatic heterocycles. The second kappa shape index (κ2) is 6.54. The third-order valence-electron chi connectivity index (χ3n) is 4.01. The summed E-state index contributed by atoms with van der Waals surface area (Å²) in [7, 11) is 0. The highest BCUT2D eigenvalue weighted by Gasteiger charge is 2.22. The summed E-state index contributed by atoms with van der Waals surface area (Å²) in [5, 5.41) is 10.3. The van der Waals surface area contributed by atoms with Crippen LogP contribution in [0.15, 0.2) is 24.4 Å². The van der Waals surface area contributed by atoms with Gasteiger partial charge in [-0.1, -0.05) is 13.0 Å². The maximum absolute atomic E-state index is 11.5. The second-order valence-electron chi connectivity index (χ2n) is 5.76.